The van der Waals surface area contributed by atoms with Crippen LogP contribution in [-0.4, -0.2) is 16.9 Å². The number of hydrogen-bond donors (Lipinski definition) is 1. The highest BCUT2D eigenvalue weighted by molar-refractivity contribution is 5.91. The first-order valence-electron chi connectivity index (χ1n) is 5.67. The van der Waals surface area contributed by atoms with Gasteiger partial charge in [0.15, 0.2) is 5.82 Å². The van der Waals surface area contributed by atoms with E-state index >= 15 is 0 Å². The van der Waals surface area contributed by atoms with E-state index in [0.717, 1.165) is 22.3 Å². The van der Waals surface area contributed by atoms with Gasteiger partial charge in [0.1, 0.15) is 5.75 Å². The molecule has 0 fully saturated rings. The van der Waals surface area contributed by atoms with Crippen molar-refractivity contribution in [3.63, 3.8) is 0 Å². The van der Waals surface area contributed by atoms with E-state index < -0.39 is 0 Å². The summed E-state index contributed by atoms with van der Waals surface area (Å²) in [5, 5.41) is 5.28. The van der Waals surface area contributed by atoms with Gasteiger partial charge in [-0.25, -0.2) is 4.68 Å². The summed E-state index contributed by atoms with van der Waals surface area (Å²) in [6, 6.07) is 15.7. The quantitative estimate of drug-likeness (QED) is 0.748. The van der Waals surface area contributed by atoms with E-state index in [0.29, 0.717) is 5.82 Å². The van der Waals surface area contributed by atoms with E-state index in [1.807, 2.05) is 53.2 Å². The van der Waals surface area contributed by atoms with Gasteiger partial charge in [-0.2, -0.15) is 0 Å². The number of benzene rings is 2. The molecule has 2 aromatic carbocycles. The normalized spacial score (nSPS) is 10.7. The molecule has 0 radical (unpaired) electrons. The number of nitrogen functional groups attached to an aromatic ring is 1. The minimum atomic E-state index is 0.507. The lowest BCUT2D eigenvalue weighted by Gasteiger charge is -2.03. The van der Waals surface area contributed by atoms with Gasteiger partial charge in [0, 0.05) is 5.39 Å². The van der Waals surface area contributed by atoms with Gasteiger partial charge in [-0.15, -0.1) is 5.10 Å². The summed E-state index contributed by atoms with van der Waals surface area (Å²) in [4.78, 5) is 0. The number of nitrogens with zero attached hydrogens (tertiary/aromatic N) is 2. The highest BCUT2D eigenvalue weighted by Gasteiger charge is 2.10. The SMILES string of the molecule is COc1ccc2c(c1)c(N)nn2-c1ccccc1. The Bertz CT molecular complexity index is 689. The lowest BCUT2D eigenvalue weighted by molar-refractivity contribution is 0.415. The molecule has 0 saturated heterocycles. The van der Waals surface area contributed by atoms with Gasteiger partial charge in [0.05, 0.1) is 18.3 Å². The average molecular weight is 239 g/mol. The first-order chi connectivity index (χ1) is 8.79. The summed E-state index contributed by atoms with van der Waals surface area (Å²) < 4.78 is 7.04. The molecule has 18 heavy (non-hydrogen) atoms. The summed E-state index contributed by atoms with van der Waals surface area (Å²) in [6.45, 7) is 0. The van der Waals surface area contributed by atoms with E-state index in [1.165, 1.54) is 0 Å². The largest absolute Gasteiger partial charge is 0.497 e. The zero-order chi connectivity index (χ0) is 12.5. The van der Waals surface area contributed by atoms with Gasteiger partial charge < -0.3 is 10.5 Å². The van der Waals surface area contributed by atoms with Crippen LogP contribution in [0.1, 0.15) is 0 Å². The summed E-state index contributed by atoms with van der Waals surface area (Å²) in [7, 11) is 1.64. The summed E-state index contributed by atoms with van der Waals surface area (Å²) in [6.07, 6.45) is 0. The number of anilines is 1. The third-order valence-electron chi connectivity index (χ3n) is 2.92. The molecule has 0 amide bonds. The van der Waals surface area contributed by atoms with Crippen LogP contribution in [0.3, 0.4) is 0 Å². The van der Waals surface area contributed by atoms with Crippen molar-refractivity contribution < 1.29 is 4.74 Å². The van der Waals surface area contributed by atoms with Crippen LogP contribution in [0.5, 0.6) is 5.75 Å². The first-order valence-corrected chi connectivity index (χ1v) is 5.67. The third-order valence-corrected chi connectivity index (χ3v) is 2.92. The Hall–Kier alpha value is -2.49. The number of aromatic nitrogens is 2. The highest BCUT2D eigenvalue weighted by Crippen LogP contribution is 2.27. The van der Waals surface area contributed by atoms with Crippen LogP contribution in [0, 0.1) is 0 Å². The molecule has 0 bridgehead atoms. The smallest absolute Gasteiger partial charge is 0.153 e. The molecule has 3 rings (SSSR count). The van der Waals surface area contributed by atoms with Crippen LogP contribution in [-0.2, 0) is 0 Å². The molecule has 4 nitrogen and oxygen atoms in total. The van der Waals surface area contributed by atoms with Crippen molar-refractivity contribution in [1.82, 2.24) is 9.78 Å². The number of para-hydroxylation sites is 1. The topological polar surface area (TPSA) is 53.1 Å². The van der Waals surface area contributed by atoms with Crippen molar-refractivity contribution in [1.29, 1.82) is 0 Å². The van der Waals surface area contributed by atoms with Crippen LogP contribution in [0.2, 0.25) is 0 Å². The maximum Gasteiger partial charge on any atom is 0.153 e. The zero-order valence-electron chi connectivity index (χ0n) is 10.00. The molecule has 1 aromatic heterocycles. The molecule has 3 aromatic rings. The fraction of sp³-hybridized carbons (Fsp3) is 0.0714. The molecule has 0 aliphatic heterocycles. The fourth-order valence-electron chi connectivity index (χ4n) is 2.01. The summed E-state index contributed by atoms with van der Waals surface area (Å²) in [5.74, 6) is 1.29. The van der Waals surface area contributed by atoms with Gasteiger partial charge in [0.25, 0.3) is 0 Å². The fourth-order valence-corrected chi connectivity index (χ4v) is 2.01. The molecular weight excluding hydrogens is 226 g/mol. The summed E-state index contributed by atoms with van der Waals surface area (Å²) in [5.41, 5.74) is 7.91. The predicted molar refractivity (Wildman–Crippen MR) is 72.0 cm³/mol. The second-order valence-electron chi connectivity index (χ2n) is 4.02. The van der Waals surface area contributed by atoms with E-state index in [2.05, 4.69) is 5.10 Å². The van der Waals surface area contributed by atoms with Crippen molar-refractivity contribution in [3.8, 4) is 11.4 Å². The lowest BCUT2D eigenvalue weighted by atomic mass is 10.2. The number of rotatable bonds is 2. The van der Waals surface area contributed by atoms with E-state index in [9.17, 15) is 0 Å². The number of ether oxygens (including phenoxy) is 1. The van der Waals surface area contributed by atoms with Crippen molar-refractivity contribution in [3.05, 3.63) is 48.5 Å². The molecule has 0 unspecified atom stereocenters. The Morgan fingerprint density at radius 2 is 1.89 bits per heavy atom. The molecule has 0 atom stereocenters. The van der Waals surface area contributed by atoms with Crippen molar-refractivity contribution in [2.45, 2.75) is 0 Å². The molecule has 90 valence electrons. The van der Waals surface area contributed by atoms with Crippen LogP contribution in [0.25, 0.3) is 16.6 Å². The minimum absolute atomic E-state index is 0.507. The Kier molecular flexibility index (Phi) is 2.41. The number of hydrogen-bond acceptors (Lipinski definition) is 3. The maximum atomic E-state index is 5.95. The van der Waals surface area contributed by atoms with E-state index in [-0.39, 0.29) is 0 Å². The van der Waals surface area contributed by atoms with Gasteiger partial charge >= 0.3 is 0 Å². The first kappa shape index (κ1) is 10.7. The molecule has 2 N–H and O–H groups in total. The Balaban J connectivity index is 2.26. The van der Waals surface area contributed by atoms with Crippen molar-refractivity contribution >= 4 is 16.7 Å². The van der Waals surface area contributed by atoms with E-state index in [1.54, 1.807) is 7.11 Å². The van der Waals surface area contributed by atoms with Crippen molar-refractivity contribution in [2.24, 2.45) is 0 Å². The third kappa shape index (κ3) is 1.59. The van der Waals surface area contributed by atoms with Gasteiger partial charge in [0.2, 0.25) is 0 Å². The van der Waals surface area contributed by atoms with Crippen LogP contribution >= 0.6 is 0 Å². The monoisotopic (exact) mass is 239 g/mol. The van der Waals surface area contributed by atoms with Gasteiger partial charge in [-0.1, -0.05) is 18.2 Å². The zero-order valence-corrected chi connectivity index (χ0v) is 10.00. The maximum absolute atomic E-state index is 5.95. The molecule has 1 heterocycles. The van der Waals surface area contributed by atoms with Crippen LogP contribution in [0.4, 0.5) is 5.82 Å². The molecule has 0 aliphatic rings. The molecule has 0 saturated carbocycles. The average Bonchev–Trinajstić information content (AvgIpc) is 2.77. The minimum Gasteiger partial charge on any atom is -0.497 e. The van der Waals surface area contributed by atoms with Gasteiger partial charge in [-0.3, -0.25) is 0 Å². The van der Waals surface area contributed by atoms with Gasteiger partial charge in [-0.05, 0) is 30.3 Å². The van der Waals surface area contributed by atoms with Crippen LogP contribution < -0.4 is 10.5 Å². The Morgan fingerprint density at radius 3 is 2.61 bits per heavy atom. The lowest BCUT2D eigenvalue weighted by Crippen LogP contribution is -1.96. The van der Waals surface area contributed by atoms with E-state index in [4.69, 9.17) is 10.5 Å². The number of fused-ring (bicyclic) bond motifs is 1. The Morgan fingerprint density at radius 1 is 1.11 bits per heavy atom. The second-order valence-corrected chi connectivity index (χ2v) is 4.02. The van der Waals surface area contributed by atoms with Crippen molar-refractivity contribution in [2.75, 3.05) is 12.8 Å². The molecule has 0 aliphatic carbocycles. The number of methoxy groups -OCH3 is 1. The molecular formula is C14H13N3O. The standard InChI is InChI=1S/C14H13N3O/c1-18-11-7-8-13-12(9-11)14(15)16-17(13)10-5-3-2-4-6-10/h2-9H,1H3,(H2,15,16). The second kappa shape index (κ2) is 4.07. The highest BCUT2D eigenvalue weighted by atomic mass is 16.5. The summed E-state index contributed by atoms with van der Waals surface area (Å²) >= 11 is 0. The van der Waals surface area contributed by atoms with Crippen LogP contribution in [0.15, 0.2) is 48.5 Å². The molecule has 0 spiro atoms. The number of nitrogens with two attached hydrogens (primary N) is 1. The predicted octanol–water partition coefficient (Wildman–Crippen LogP) is 2.62. The molecule has 4 heteroatoms. The Labute approximate surface area is 105 Å².